The molecule has 2 aliphatic rings. The highest BCUT2D eigenvalue weighted by Gasteiger charge is 2.26. The Bertz CT molecular complexity index is 921. The lowest BCUT2D eigenvalue weighted by atomic mass is 9.98. The van der Waals surface area contributed by atoms with Crippen LogP contribution in [-0.4, -0.2) is 30.4 Å². The van der Waals surface area contributed by atoms with Gasteiger partial charge in [-0.05, 0) is 36.5 Å². The van der Waals surface area contributed by atoms with E-state index in [4.69, 9.17) is 20.0 Å². The summed E-state index contributed by atoms with van der Waals surface area (Å²) >= 11 is 0. The Morgan fingerprint density at radius 3 is 2.83 bits per heavy atom. The SMILES string of the molecule is N=Cc1ccc(COc2ccc3c(c2)OCC3CC(=O)O)cc1NCC1CCCC1. The average Bonchev–Trinajstić information content (AvgIpc) is 3.40. The van der Waals surface area contributed by atoms with Gasteiger partial charge in [0.15, 0.2) is 0 Å². The first-order valence-corrected chi connectivity index (χ1v) is 10.6. The van der Waals surface area contributed by atoms with E-state index in [9.17, 15) is 4.79 Å². The van der Waals surface area contributed by atoms with E-state index in [2.05, 4.69) is 11.4 Å². The fraction of sp³-hybridized carbons (Fsp3) is 0.417. The minimum Gasteiger partial charge on any atom is -0.492 e. The predicted molar refractivity (Wildman–Crippen MR) is 116 cm³/mol. The van der Waals surface area contributed by atoms with Gasteiger partial charge in [-0.2, -0.15) is 0 Å². The zero-order valence-electron chi connectivity index (χ0n) is 17.0. The molecule has 1 unspecified atom stereocenters. The number of hydrogen-bond acceptors (Lipinski definition) is 5. The van der Waals surface area contributed by atoms with Gasteiger partial charge in [0.25, 0.3) is 0 Å². The first-order chi connectivity index (χ1) is 14.6. The standard InChI is InChI=1S/C24H28N2O4/c25-12-18-6-5-17(9-22(18)26-13-16-3-1-2-4-16)14-29-20-7-8-21-19(10-24(27)28)15-30-23(21)11-20/h5-9,11-12,16,19,25-26H,1-4,10,13-15H2,(H,27,28). The van der Waals surface area contributed by atoms with E-state index in [0.29, 0.717) is 24.7 Å². The number of carboxylic acids is 1. The van der Waals surface area contributed by atoms with Crippen LogP contribution < -0.4 is 14.8 Å². The number of aliphatic carboxylic acids is 1. The van der Waals surface area contributed by atoms with Gasteiger partial charge in [0.2, 0.25) is 0 Å². The molecule has 6 heteroatoms. The Hall–Kier alpha value is -3.02. The van der Waals surface area contributed by atoms with E-state index in [-0.39, 0.29) is 12.3 Å². The molecule has 4 rings (SSSR count). The Morgan fingerprint density at radius 2 is 2.07 bits per heavy atom. The summed E-state index contributed by atoms with van der Waals surface area (Å²) in [6.45, 7) is 1.75. The maximum atomic E-state index is 11.0. The predicted octanol–water partition coefficient (Wildman–Crippen LogP) is 4.82. The van der Waals surface area contributed by atoms with Crippen molar-refractivity contribution in [2.75, 3.05) is 18.5 Å². The van der Waals surface area contributed by atoms with Crippen LogP contribution in [0.4, 0.5) is 5.69 Å². The number of ether oxygens (including phenoxy) is 2. The van der Waals surface area contributed by atoms with Gasteiger partial charge in [0, 0.05) is 41.6 Å². The fourth-order valence-electron chi connectivity index (χ4n) is 4.33. The van der Waals surface area contributed by atoms with E-state index in [0.717, 1.165) is 34.8 Å². The molecule has 2 aromatic rings. The number of benzene rings is 2. The second kappa shape index (κ2) is 9.20. The van der Waals surface area contributed by atoms with Crippen molar-refractivity contribution in [2.45, 2.75) is 44.6 Å². The highest BCUT2D eigenvalue weighted by atomic mass is 16.5. The topological polar surface area (TPSA) is 91.6 Å². The first kappa shape index (κ1) is 20.3. The maximum Gasteiger partial charge on any atom is 0.304 e. The zero-order chi connectivity index (χ0) is 20.9. The molecule has 0 radical (unpaired) electrons. The average molecular weight is 408 g/mol. The van der Waals surface area contributed by atoms with Crippen molar-refractivity contribution >= 4 is 17.9 Å². The van der Waals surface area contributed by atoms with Crippen molar-refractivity contribution < 1.29 is 19.4 Å². The Morgan fingerprint density at radius 1 is 1.23 bits per heavy atom. The number of nitrogens with one attached hydrogen (secondary N) is 2. The molecule has 2 aromatic carbocycles. The van der Waals surface area contributed by atoms with Crippen molar-refractivity contribution in [3.63, 3.8) is 0 Å². The highest BCUT2D eigenvalue weighted by Crippen LogP contribution is 2.38. The van der Waals surface area contributed by atoms with Gasteiger partial charge in [-0.1, -0.05) is 31.0 Å². The van der Waals surface area contributed by atoms with Gasteiger partial charge in [0.05, 0.1) is 13.0 Å². The van der Waals surface area contributed by atoms with Crippen LogP contribution >= 0.6 is 0 Å². The van der Waals surface area contributed by atoms with Crippen LogP contribution in [0.2, 0.25) is 0 Å². The number of carboxylic acid groups (broad SMARTS) is 1. The van der Waals surface area contributed by atoms with Gasteiger partial charge in [-0.25, -0.2) is 0 Å². The molecular formula is C24H28N2O4. The molecule has 1 atom stereocenters. The summed E-state index contributed by atoms with van der Waals surface area (Å²) in [7, 11) is 0. The van der Waals surface area contributed by atoms with Crippen LogP contribution in [0.15, 0.2) is 36.4 Å². The normalized spacial score (nSPS) is 17.9. The third-order valence-electron chi connectivity index (χ3n) is 6.02. The molecule has 6 nitrogen and oxygen atoms in total. The first-order valence-electron chi connectivity index (χ1n) is 10.6. The van der Waals surface area contributed by atoms with Crippen LogP contribution in [0.25, 0.3) is 0 Å². The minimum absolute atomic E-state index is 0.0726. The summed E-state index contributed by atoms with van der Waals surface area (Å²) in [6, 6.07) is 11.6. The summed E-state index contributed by atoms with van der Waals surface area (Å²) in [5.74, 6) is 1.20. The lowest BCUT2D eigenvalue weighted by molar-refractivity contribution is -0.137. The lowest BCUT2D eigenvalue weighted by Crippen LogP contribution is -2.12. The van der Waals surface area contributed by atoms with Gasteiger partial charge in [-0.3, -0.25) is 4.79 Å². The van der Waals surface area contributed by atoms with Gasteiger partial charge in [0.1, 0.15) is 18.1 Å². The third-order valence-corrected chi connectivity index (χ3v) is 6.02. The zero-order valence-corrected chi connectivity index (χ0v) is 17.0. The van der Waals surface area contributed by atoms with E-state index in [1.54, 1.807) is 0 Å². The monoisotopic (exact) mass is 408 g/mol. The van der Waals surface area contributed by atoms with Crippen LogP contribution in [0.5, 0.6) is 11.5 Å². The Kier molecular flexibility index (Phi) is 6.21. The molecule has 0 aromatic heterocycles. The number of anilines is 1. The second-order valence-electron chi connectivity index (χ2n) is 8.19. The van der Waals surface area contributed by atoms with Crippen LogP contribution in [0.1, 0.15) is 54.7 Å². The van der Waals surface area contributed by atoms with Gasteiger partial charge < -0.3 is 25.3 Å². The second-order valence-corrected chi connectivity index (χ2v) is 8.19. The van der Waals surface area contributed by atoms with Crippen molar-refractivity contribution in [3.05, 3.63) is 53.1 Å². The summed E-state index contributed by atoms with van der Waals surface area (Å²) in [6.07, 6.45) is 6.65. The molecule has 1 aliphatic carbocycles. The molecule has 0 saturated heterocycles. The molecule has 1 aliphatic heterocycles. The van der Waals surface area contributed by atoms with Crippen LogP contribution in [0, 0.1) is 11.3 Å². The van der Waals surface area contributed by atoms with Gasteiger partial charge in [-0.15, -0.1) is 0 Å². The largest absolute Gasteiger partial charge is 0.492 e. The Balaban J connectivity index is 1.39. The van der Waals surface area contributed by atoms with Gasteiger partial charge >= 0.3 is 5.97 Å². The quantitative estimate of drug-likeness (QED) is 0.518. The van der Waals surface area contributed by atoms with E-state index in [1.807, 2.05) is 30.3 Å². The molecular weight excluding hydrogens is 380 g/mol. The number of hydrogen-bond donors (Lipinski definition) is 3. The molecule has 1 fully saturated rings. The number of fused-ring (bicyclic) bond motifs is 1. The summed E-state index contributed by atoms with van der Waals surface area (Å²) in [5, 5.41) is 20.2. The van der Waals surface area contributed by atoms with E-state index in [1.165, 1.54) is 31.9 Å². The highest BCUT2D eigenvalue weighted by molar-refractivity contribution is 5.86. The van der Waals surface area contributed by atoms with Crippen LogP contribution in [0.3, 0.4) is 0 Å². The Labute approximate surface area is 176 Å². The maximum absolute atomic E-state index is 11.0. The molecule has 30 heavy (non-hydrogen) atoms. The van der Waals surface area contributed by atoms with Crippen molar-refractivity contribution in [3.8, 4) is 11.5 Å². The molecule has 3 N–H and O–H groups in total. The molecule has 0 amide bonds. The smallest absolute Gasteiger partial charge is 0.304 e. The fourth-order valence-corrected chi connectivity index (χ4v) is 4.33. The molecule has 158 valence electrons. The van der Waals surface area contributed by atoms with Crippen molar-refractivity contribution in [2.24, 2.45) is 5.92 Å². The third kappa shape index (κ3) is 4.75. The molecule has 0 spiro atoms. The number of rotatable bonds is 9. The summed E-state index contributed by atoms with van der Waals surface area (Å²) < 4.78 is 11.6. The summed E-state index contributed by atoms with van der Waals surface area (Å²) in [5.41, 5.74) is 3.82. The summed E-state index contributed by atoms with van der Waals surface area (Å²) in [4.78, 5) is 11.0. The van der Waals surface area contributed by atoms with E-state index < -0.39 is 5.97 Å². The lowest BCUT2D eigenvalue weighted by Gasteiger charge is -2.15. The van der Waals surface area contributed by atoms with Crippen molar-refractivity contribution in [1.29, 1.82) is 5.41 Å². The minimum atomic E-state index is -0.817. The van der Waals surface area contributed by atoms with Crippen molar-refractivity contribution in [1.82, 2.24) is 0 Å². The van der Waals surface area contributed by atoms with Crippen LogP contribution in [-0.2, 0) is 11.4 Å². The molecule has 0 bridgehead atoms. The number of carbonyl (C=O) groups is 1. The molecule has 1 heterocycles. The molecule has 1 saturated carbocycles. The van der Waals surface area contributed by atoms with E-state index >= 15 is 0 Å².